The number of carbonyl (C=O) groups is 2. The van der Waals surface area contributed by atoms with E-state index in [0.29, 0.717) is 17.9 Å². The van der Waals surface area contributed by atoms with E-state index in [-0.39, 0.29) is 11.8 Å². The van der Waals surface area contributed by atoms with Crippen molar-refractivity contribution in [2.75, 3.05) is 18.9 Å². The lowest BCUT2D eigenvalue weighted by Gasteiger charge is -2.17. The van der Waals surface area contributed by atoms with Gasteiger partial charge in [-0.2, -0.15) is 0 Å². The van der Waals surface area contributed by atoms with Crippen LogP contribution in [0.1, 0.15) is 22.8 Å². The molecule has 0 aliphatic carbocycles. The maximum absolute atomic E-state index is 12.4. The average molecular weight is 298 g/mol. The van der Waals surface area contributed by atoms with Crippen molar-refractivity contribution in [3.05, 3.63) is 54.0 Å². The second-order valence-corrected chi connectivity index (χ2v) is 4.94. The smallest absolute Gasteiger partial charge is 0.253 e. The molecule has 0 unspecified atom stereocenters. The molecule has 22 heavy (non-hydrogen) atoms. The Hall–Kier alpha value is -2.76. The van der Waals surface area contributed by atoms with Crippen molar-refractivity contribution < 1.29 is 9.59 Å². The van der Waals surface area contributed by atoms with Crippen LogP contribution >= 0.6 is 0 Å². The monoisotopic (exact) mass is 298 g/mol. The minimum atomic E-state index is -0.219. The molecule has 2 rings (SSSR count). The fourth-order valence-corrected chi connectivity index (χ4v) is 1.98. The molecular weight excluding hydrogens is 280 g/mol. The van der Waals surface area contributed by atoms with E-state index in [0.717, 1.165) is 12.0 Å². The molecule has 2 heterocycles. The highest BCUT2D eigenvalue weighted by molar-refractivity contribution is 5.96. The Balaban J connectivity index is 1.99. The molecule has 0 saturated heterocycles. The molecule has 114 valence electrons. The van der Waals surface area contributed by atoms with Gasteiger partial charge in [0.1, 0.15) is 5.82 Å². The highest BCUT2D eigenvalue weighted by Gasteiger charge is 2.12. The summed E-state index contributed by atoms with van der Waals surface area (Å²) in [4.78, 5) is 33.0. The highest BCUT2D eigenvalue weighted by Crippen LogP contribution is 2.10. The summed E-state index contributed by atoms with van der Waals surface area (Å²) in [6.45, 7) is 2.00. The minimum Gasteiger partial charge on any atom is -0.341 e. The number of amides is 2. The quantitative estimate of drug-likeness (QED) is 0.912. The Morgan fingerprint density at radius 2 is 1.91 bits per heavy atom. The summed E-state index contributed by atoms with van der Waals surface area (Å²) < 4.78 is 0. The molecular formula is C16H18N4O2. The van der Waals surface area contributed by atoms with Gasteiger partial charge in [0, 0.05) is 44.7 Å². The molecule has 0 atom stereocenters. The molecule has 2 aromatic heterocycles. The summed E-state index contributed by atoms with van der Waals surface area (Å²) in [6.07, 6.45) is 5.74. The van der Waals surface area contributed by atoms with Gasteiger partial charge in [0.15, 0.2) is 0 Å². The third kappa shape index (κ3) is 4.37. The predicted molar refractivity (Wildman–Crippen MR) is 83.4 cm³/mol. The molecule has 0 aliphatic rings. The van der Waals surface area contributed by atoms with Gasteiger partial charge in [0.05, 0.1) is 0 Å². The Bertz CT molecular complexity index is 658. The Morgan fingerprint density at radius 1 is 1.18 bits per heavy atom. The molecule has 0 spiro atoms. The summed E-state index contributed by atoms with van der Waals surface area (Å²) in [6, 6.07) is 7.07. The first-order chi connectivity index (χ1) is 10.6. The van der Waals surface area contributed by atoms with Crippen molar-refractivity contribution in [1.29, 1.82) is 0 Å². The molecule has 6 heteroatoms. The van der Waals surface area contributed by atoms with Crippen LogP contribution in [0.15, 0.2) is 42.9 Å². The fourth-order valence-electron chi connectivity index (χ4n) is 1.98. The first-order valence-electron chi connectivity index (χ1n) is 6.94. The van der Waals surface area contributed by atoms with Crippen molar-refractivity contribution in [2.45, 2.75) is 13.3 Å². The number of nitrogens with one attached hydrogen (secondary N) is 1. The van der Waals surface area contributed by atoms with Crippen LogP contribution in [0.3, 0.4) is 0 Å². The number of rotatable bonds is 5. The molecule has 2 amide bonds. The van der Waals surface area contributed by atoms with Gasteiger partial charge in [-0.05, 0) is 36.2 Å². The number of pyridine rings is 2. The van der Waals surface area contributed by atoms with Crippen LogP contribution in [-0.2, 0) is 11.2 Å². The van der Waals surface area contributed by atoms with E-state index in [1.165, 1.54) is 13.1 Å². The highest BCUT2D eigenvalue weighted by atomic mass is 16.2. The van der Waals surface area contributed by atoms with Gasteiger partial charge in [0.25, 0.3) is 5.91 Å². The van der Waals surface area contributed by atoms with Crippen molar-refractivity contribution in [1.82, 2.24) is 14.9 Å². The van der Waals surface area contributed by atoms with Gasteiger partial charge < -0.3 is 10.2 Å². The molecule has 1 N–H and O–H groups in total. The lowest BCUT2D eigenvalue weighted by Crippen LogP contribution is -2.29. The van der Waals surface area contributed by atoms with E-state index in [9.17, 15) is 9.59 Å². The third-order valence-electron chi connectivity index (χ3n) is 3.14. The predicted octanol–water partition coefficient (Wildman–Crippen LogP) is 1.75. The summed E-state index contributed by atoms with van der Waals surface area (Å²) in [7, 11) is 1.75. The number of hydrogen-bond acceptors (Lipinski definition) is 4. The van der Waals surface area contributed by atoms with Crippen LogP contribution < -0.4 is 5.32 Å². The molecule has 0 saturated carbocycles. The zero-order valence-corrected chi connectivity index (χ0v) is 12.6. The number of nitrogens with zero attached hydrogens (tertiary/aromatic N) is 3. The molecule has 2 aromatic rings. The van der Waals surface area contributed by atoms with E-state index in [1.54, 1.807) is 36.5 Å². The molecule has 0 radical (unpaired) electrons. The molecule has 0 aromatic carbocycles. The lowest BCUT2D eigenvalue weighted by atomic mass is 10.2. The third-order valence-corrected chi connectivity index (χ3v) is 3.14. The van der Waals surface area contributed by atoms with Crippen LogP contribution in [0, 0.1) is 0 Å². The van der Waals surface area contributed by atoms with Crippen molar-refractivity contribution in [2.24, 2.45) is 0 Å². The first kappa shape index (κ1) is 15.6. The molecule has 0 bridgehead atoms. The van der Waals surface area contributed by atoms with Gasteiger partial charge in [-0.15, -0.1) is 0 Å². The van der Waals surface area contributed by atoms with Crippen molar-refractivity contribution in [3.63, 3.8) is 0 Å². The van der Waals surface area contributed by atoms with Gasteiger partial charge in [0.2, 0.25) is 5.91 Å². The zero-order valence-electron chi connectivity index (χ0n) is 12.6. The van der Waals surface area contributed by atoms with E-state index >= 15 is 0 Å². The van der Waals surface area contributed by atoms with Crippen molar-refractivity contribution in [3.8, 4) is 0 Å². The molecule has 0 fully saturated rings. The van der Waals surface area contributed by atoms with Crippen LogP contribution in [0.5, 0.6) is 0 Å². The van der Waals surface area contributed by atoms with Crippen LogP contribution in [0.25, 0.3) is 0 Å². The zero-order chi connectivity index (χ0) is 15.9. The maximum Gasteiger partial charge on any atom is 0.253 e. The van der Waals surface area contributed by atoms with Crippen LogP contribution in [-0.4, -0.2) is 40.3 Å². The van der Waals surface area contributed by atoms with E-state index in [1.807, 2.05) is 12.1 Å². The molecule has 6 nitrogen and oxygen atoms in total. The second-order valence-electron chi connectivity index (χ2n) is 4.94. The van der Waals surface area contributed by atoms with E-state index in [4.69, 9.17) is 0 Å². The second kappa shape index (κ2) is 7.31. The largest absolute Gasteiger partial charge is 0.341 e. The maximum atomic E-state index is 12.4. The fraction of sp³-hybridized carbons (Fsp3) is 0.250. The Morgan fingerprint density at radius 3 is 2.59 bits per heavy atom. The summed E-state index contributed by atoms with van der Waals surface area (Å²) in [5.41, 5.74) is 1.62. The number of aromatic nitrogens is 2. The Labute approximate surface area is 129 Å². The van der Waals surface area contributed by atoms with Crippen LogP contribution in [0.2, 0.25) is 0 Å². The summed E-state index contributed by atoms with van der Waals surface area (Å²) >= 11 is 0. The topological polar surface area (TPSA) is 75.2 Å². The van der Waals surface area contributed by atoms with E-state index < -0.39 is 0 Å². The van der Waals surface area contributed by atoms with Gasteiger partial charge in [-0.3, -0.25) is 14.6 Å². The average Bonchev–Trinajstić information content (AvgIpc) is 2.52. The summed E-state index contributed by atoms with van der Waals surface area (Å²) in [5, 5.41) is 2.57. The minimum absolute atomic E-state index is 0.108. The SMILES string of the molecule is CC(=O)Nc1cc(C(=O)N(C)CCc2ccncc2)ccn1. The normalized spacial score (nSPS) is 10.1. The number of carbonyl (C=O) groups excluding carboxylic acids is 2. The van der Waals surface area contributed by atoms with Crippen LogP contribution in [0.4, 0.5) is 5.82 Å². The Kier molecular flexibility index (Phi) is 5.19. The number of likely N-dealkylation sites (N-methyl/N-ethyl adjacent to an activating group) is 1. The standard InChI is InChI=1S/C16H18N4O2/c1-12(21)19-15-11-14(5-9-18-15)16(22)20(2)10-6-13-3-7-17-8-4-13/h3-5,7-9,11H,6,10H2,1-2H3,(H,18,19,21). The van der Waals surface area contributed by atoms with Gasteiger partial charge >= 0.3 is 0 Å². The van der Waals surface area contributed by atoms with E-state index in [2.05, 4.69) is 15.3 Å². The lowest BCUT2D eigenvalue weighted by molar-refractivity contribution is -0.114. The van der Waals surface area contributed by atoms with Gasteiger partial charge in [-0.25, -0.2) is 4.98 Å². The first-order valence-corrected chi connectivity index (χ1v) is 6.94. The summed E-state index contributed by atoms with van der Waals surface area (Å²) in [5.74, 6) is 0.0482. The number of hydrogen-bond donors (Lipinski definition) is 1. The van der Waals surface area contributed by atoms with Crippen molar-refractivity contribution >= 4 is 17.6 Å². The molecule has 0 aliphatic heterocycles. The van der Waals surface area contributed by atoms with Gasteiger partial charge in [-0.1, -0.05) is 0 Å². The number of anilines is 1.